The molecule has 0 aromatic heterocycles. The lowest BCUT2D eigenvalue weighted by Gasteiger charge is -2.15. The van der Waals surface area contributed by atoms with Gasteiger partial charge in [0.05, 0.1) is 5.25 Å². The third-order valence-electron chi connectivity index (χ3n) is 2.31. The third-order valence-corrected chi connectivity index (χ3v) is 3.79. The van der Waals surface area contributed by atoms with Crippen molar-refractivity contribution in [3.05, 3.63) is 0 Å². The number of carboxylic acids is 1. The summed E-state index contributed by atoms with van der Waals surface area (Å²) in [6, 6.07) is 0.338. The predicted octanol–water partition coefficient (Wildman–Crippen LogP) is 1.25. The van der Waals surface area contributed by atoms with Crippen molar-refractivity contribution in [2.24, 2.45) is 0 Å². The zero-order chi connectivity index (χ0) is 11.4. The first-order valence-electron chi connectivity index (χ1n) is 5.23. The molecule has 86 valence electrons. The second kappa shape index (κ2) is 5.39. The van der Waals surface area contributed by atoms with Crippen LogP contribution >= 0.6 is 11.8 Å². The molecule has 2 N–H and O–H groups in total. The predicted molar refractivity (Wildman–Crippen MR) is 59.9 cm³/mol. The molecule has 0 aliphatic heterocycles. The van der Waals surface area contributed by atoms with E-state index < -0.39 is 11.2 Å². The molecule has 0 saturated heterocycles. The Balaban J connectivity index is 2.34. The molecule has 0 aromatic rings. The highest BCUT2D eigenvalue weighted by molar-refractivity contribution is 8.01. The van der Waals surface area contributed by atoms with Crippen LogP contribution in [0.2, 0.25) is 0 Å². The number of hydrogen-bond donors (Lipinski definition) is 2. The van der Waals surface area contributed by atoms with Crippen LogP contribution in [0, 0.1) is 0 Å². The van der Waals surface area contributed by atoms with E-state index in [1.165, 1.54) is 11.8 Å². The summed E-state index contributed by atoms with van der Waals surface area (Å²) in [5.41, 5.74) is 0. The summed E-state index contributed by atoms with van der Waals surface area (Å²) < 4.78 is 0. The highest BCUT2D eigenvalue weighted by Gasteiger charge is 2.28. The van der Waals surface area contributed by atoms with E-state index in [2.05, 4.69) is 5.32 Å². The Morgan fingerprint density at radius 2 is 2.13 bits per heavy atom. The van der Waals surface area contributed by atoms with E-state index in [9.17, 15) is 9.59 Å². The van der Waals surface area contributed by atoms with Crippen LogP contribution in [0.3, 0.4) is 0 Å². The van der Waals surface area contributed by atoms with E-state index >= 15 is 0 Å². The number of thioether (sulfide) groups is 1. The van der Waals surface area contributed by atoms with Crippen molar-refractivity contribution in [2.45, 2.75) is 49.7 Å². The van der Waals surface area contributed by atoms with Crippen molar-refractivity contribution in [3.8, 4) is 0 Å². The van der Waals surface area contributed by atoms with Gasteiger partial charge in [0.1, 0.15) is 5.25 Å². The largest absolute Gasteiger partial charge is 0.480 e. The van der Waals surface area contributed by atoms with Crippen molar-refractivity contribution in [2.75, 3.05) is 0 Å². The summed E-state index contributed by atoms with van der Waals surface area (Å²) >= 11 is 1.22. The monoisotopic (exact) mass is 231 g/mol. The van der Waals surface area contributed by atoms with E-state index in [4.69, 9.17) is 5.11 Å². The van der Waals surface area contributed by atoms with Crippen molar-refractivity contribution in [1.29, 1.82) is 0 Å². The summed E-state index contributed by atoms with van der Waals surface area (Å²) in [5.74, 6) is -0.879. The van der Waals surface area contributed by atoms with Crippen LogP contribution < -0.4 is 5.32 Å². The topological polar surface area (TPSA) is 66.4 Å². The lowest BCUT2D eigenvalue weighted by Crippen LogP contribution is -2.34. The molecule has 4 nitrogen and oxygen atoms in total. The van der Waals surface area contributed by atoms with Crippen LogP contribution in [0.4, 0.5) is 0 Å². The normalized spacial score (nSPS) is 19.3. The van der Waals surface area contributed by atoms with Crippen LogP contribution in [-0.2, 0) is 9.59 Å². The summed E-state index contributed by atoms with van der Waals surface area (Å²) in [6.07, 6.45) is 2.65. The number of aliphatic carboxylic acids is 1. The van der Waals surface area contributed by atoms with Crippen LogP contribution in [0.5, 0.6) is 0 Å². The molecule has 5 heteroatoms. The molecule has 0 spiro atoms. The van der Waals surface area contributed by atoms with Gasteiger partial charge in [-0.1, -0.05) is 6.92 Å². The van der Waals surface area contributed by atoms with E-state index in [-0.39, 0.29) is 11.2 Å². The van der Waals surface area contributed by atoms with Crippen LogP contribution in [0.15, 0.2) is 0 Å². The molecule has 0 aromatic carbocycles. The molecule has 0 bridgehead atoms. The summed E-state index contributed by atoms with van der Waals surface area (Å²) in [6.45, 7) is 3.57. The molecular weight excluding hydrogens is 214 g/mol. The van der Waals surface area contributed by atoms with Gasteiger partial charge in [-0.2, -0.15) is 0 Å². The van der Waals surface area contributed by atoms with Gasteiger partial charge in [-0.15, -0.1) is 11.8 Å². The minimum Gasteiger partial charge on any atom is -0.480 e. The summed E-state index contributed by atoms with van der Waals surface area (Å²) in [4.78, 5) is 22.3. The molecule has 15 heavy (non-hydrogen) atoms. The zero-order valence-electron chi connectivity index (χ0n) is 9.03. The average molecular weight is 231 g/mol. The minimum absolute atomic E-state index is 0.0396. The van der Waals surface area contributed by atoms with E-state index in [0.29, 0.717) is 12.5 Å². The zero-order valence-corrected chi connectivity index (χ0v) is 9.84. The van der Waals surface area contributed by atoms with Gasteiger partial charge in [0.15, 0.2) is 0 Å². The molecule has 2 atom stereocenters. The molecular formula is C10H17NO3S. The molecule has 1 aliphatic rings. The first-order chi connectivity index (χ1) is 7.04. The van der Waals surface area contributed by atoms with Gasteiger partial charge in [-0.05, 0) is 26.2 Å². The highest BCUT2D eigenvalue weighted by Crippen LogP contribution is 2.23. The number of carbonyl (C=O) groups is 2. The molecule has 2 unspecified atom stereocenters. The molecule has 1 amide bonds. The van der Waals surface area contributed by atoms with E-state index in [1.807, 2.05) is 6.92 Å². The van der Waals surface area contributed by atoms with Gasteiger partial charge in [-0.25, -0.2) is 0 Å². The SMILES string of the molecule is CCC(SC(C)C(=O)NC1CC1)C(=O)O. The quantitative estimate of drug-likeness (QED) is 0.722. The Bertz CT molecular complexity index is 253. The Labute approximate surface area is 93.8 Å². The average Bonchev–Trinajstić information content (AvgIpc) is 2.96. The number of hydrogen-bond acceptors (Lipinski definition) is 3. The number of carbonyl (C=O) groups excluding carboxylic acids is 1. The fourth-order valence-electron chi connectivity index (χ4n) is 1.18. The van der Waals surface area contributed by atoms with Crippen molar-refractivity contribution in [1.82, 2.24) is 5.32 Å². The molecule has 0 heterocycles. The van der Waals surface area contributed by atoms with Gasteiger partial charge in [-0.3, -0.25) is 9.59 Å². The van der Waals surface area contributed by atoms with Crippen LogP contribution in [-0.4, -0.2) is 33.5 Å². The van der Waals surface area contributed by atoms with Crippen molar-refractivity contribution in [3.63, 3.8) is 0 Å². The van der Waals surface area contributed by atoms with Crippen molar-refractivity contribution >= 4 is 23.6 Å². The van der Waals surface area contributed by atoms with Gasteiger partial charge in [0, 0.05) is 6.04 Å². The Hall–Kier alpha value is -0.710. The molecule has 1 fully saturated rings. The van der Waals surface area contributed by atoms with Crippen LogP contribution in [0.1, 0.15) is 33.1 Å². The third kappa shape index (κ3) is 4.11. The van der Waals surface area contributed by atoms with Crippen molar-refractivity contribution < 1.29 is 14.7 Å². The molecule has 0 radical (unpaired) electrons. The first kappa shape index (κ1) is 12.4. The standard InChI is InChI=1S/C10H17NO3S/c1-3-8(10(13)14)15-6(2)9(12)11-7-4-5-7/h6-8H,3-5H2,1-2H3,(H,11,12)(H,13,14). The molecule has 1 rings (SSSR count). The maximum absolute atomic E-state index is 11.5. The van der Waals surface area contributed by atoms with Gasteiger partial charge in [0.2, 0.25) is 5.91 Å². The van der Waals surface area contributed by atoms with Crippen LogP contribution in [0.25, 0.3) is 0 Å². The lowest BCUT2D eigenvalue weighted by molar-refractivity contribution is -0.136. The number of carboxylic acid groups (broad SMARTS) is 1. The summed E-state index contributed by atoms with van der Waals surface area (Å²) in [7, 11) is 0. The lowest BCUT2D eigenvalue weighted by atomic mass is 10.3. The molecule has 1 aliphatic carbocycles. The number of amides is 1. The Kier molecular flexibility index (Phi) is 4.45. The fraction of sp³-hybridized carbons (Fsp3) is 0.800. The van der Waals surface area contributed by atoms with E-state index in [0.717, 1.165) is 12.8 Å². The minimum atomic E-state index is -0.839. The summed E-state index contributed by atoms with van der Waals surface area (Å²) in [5, 5.41) is 10.9. The van der Waals surface area contributed by atoms with Gasteiger partial charge >= 0.3 is 5.97 Å². The number of rotatable bonds is 6. The van der Waals surface area contributed by atoms with Gasteiger partial charge < -0.3 is 10.4 Å². The second-order valence-electron chi connectivity index (χ2n) is 3.80. The number of nitrogens with one attached hydrogen (secondary N) is 1. The second-order valence-corrected chi connectivity index (χ2v) is 5.34. The fourth-order valence-corrected chi connectivity index (χ4v) is 2.18. The first-order valence-corrected chi connectivity index (χ1v) is 6.17. The van der Waals surface area contributed by atoms with E-state index in [1.54, 1.807) is 6.92 Å². The molecule has 1 saturated carbocycles. The smallest absolute Gasteiger partial charge is 0.316 e. The Morgan fingerprint density at radius 3 is 2.53 bits per heavy atom. The maximum atomic E-state index is 11.5. The van der Waals surface area contributed by atoms with Gasteiger partial charge in [0.25, 0.3) is 0 Å². The highest BCUT2D eigenvalue weighted by atomic mass is 32.2. The maximum Gasteiger partial charge on any atom is 0.316 e. The Morgan fingerprint density at radius 1 is 1.53 bits per heavy atom.